The molecule has 0 spiro atoms. The summed E-state index contributed by atoms with van der Waals surface area (Å²) in [6.45, 7) is 1.30. The lowest BCUT2D eigenvalue weighted by atomic mass is 10.1. The highest BCUT2D eigenvalue weighted by molar-refractivity contribution is 5.98. The Kier molecular flexibility index (Phi) is 4.25. The Balaban J connectivity index is 2.43. The number of halogens is 3. The van der Waals surface area contributed by atoms with E-state index in [2.05, 4.69) is 5.10 Å². The van der Waals surface area contributed by atoms with Crippen LogP contribution < -0.4 is 9.47 Å². The standard InChI is InChI=1S/C14H15F3N2O4/c1-8-7-13(21,14(15,16)17)19(18-8)12(20)9-4-5-10(22-2)11(6-9)23-3/h4-6,21H,7H2,1-3H3/t13-/m1/s1. The molecule has 0 saturated heterocycles. The van der Waals surface area contributed by atoms with E-state index in [0.29, 0.717) is 5.75 Å². The van der Waals surface area contributed by atoms with Crippen molar-refractivity contribution in [3.05, 3.63) is 23.8 Å². The molecule has 1 aromatic rings. The van der Waals surface area contributed by atoms with Gasteiger partial charge in [0.25, 0.3) is 11.6 Å². The molecule has 2 rings (SSSR count). The van der Waals surface area contributed by atoms with Crippen molar-refractivity contribution in [2.75, 3.05) is 14.2 Å². The maximum Gasteiger partial charge on any atom is 0.438 e. The monoisotopic (exact) mass is 332 g/mol. The van der Waals surface area contributed by atoms with Crippen molar-refractivity contribution in [2.45, 2.75) is 25.2 Å². The maximum atomic E-state index is 13.1. The van der Waals surface area contributed by atoms with E-state index in [1.807, 2.05) is 0 Å². The summed E-state index contributed by atoms with van der Waals surface area (Å²) in [7, 11) is 2.71. The number of alkyl halides is 3. The molecule has 1 aliphatic heterocycles. The molecular formula is C14H15F3N2O4. The van der Waals surface area contributed by atoms with Crippen LogP contribution in [0.1, 0.15) is 23.7 Å². The molecule has 0 unspecified atom stereocenters. The lowest BCUT2D eigenvalue weighted by Gasteiger charge is -2.32. The van der Waals surface area contributed by atoms with Gasteiger partial charge >= 0.3 is 6.18 Å². The summed E-state index contributed by atoms with van der Waals surface area (Å²) in [5.41, 5.74) is -3.48. The minimum atomic E-state index is -5.04. The summed E-state index contributed by atoms with van der Waals surface area (Å²) in [5, 5.41) is 13.5. The molecule has 1 heterocycles. The zero-order valence-corrected chi connectivity index (χ0v) is 12.6. The third-order valence-electron chi connectivity index (χ3n) is 3.40. The van der Waals surface area contributed by atoms with E-state index in [9.17, 15) is 23.1 Å². The van der Waals surface area contributed by atoms with Crippen LogP contribution in [0.25, 0.3) is 0 Å². The number of benzene rings is 1. The first-order valence-corrected chi connectivity index (χ1v) is 6.54. The fourth-order valence-corrected chi connectivity index (χ4v) is 2.25. The molecular weight excluding hydrogens is 317 g/mol. The van der Waals surface area contributed by atoms with Crippen LogP contribution in [0.3, 0.4) is 0 Å². The van der Waals surface area contributed by atoms with Crippen LogP contribution in [0.5, 0.6) is 11.5 Å². The van der Waals surface area contributed by atoms with E-state index in [0.717, 1.165) is 0 Å². The van der Waals surface area contributed by atoms with E-state index in [1.165, 1.54) is 39.3 Å². The van der Waals surface area contributed by atoms with E-state index < -0.39 is 24.2 Å². The number of ether oxygens (including phenoxy) is 2. The molecule has 1 atom stereocenters. The van der Waals surface area contributed by atoms with Crippen molar-refractivity contribution in [3.8, 4) is 11.5 Å². The summed E-state index contributed by atoms with van der Waals surface area (Å²) < 4.78 is 49.5. The Morgan fingerprint density at radius 2 is 1.91 bits per heavy atom. The van der Waals surface area contributed by atoms with Gasteiger partial charge in [-0.2, -0.15) is 23.3 Å². The number of rotatable bonds is 3. The number of hydrogen-bond donors (Lipinski definition) is 1. The van der Waals surface area contributed by atoms with E-state index in [4.69, 9.17) is 9.47 Å². The lowest BCUT2D eigenvalue weighted by molar-refractivity contribution is -0.297. The molecule has 0 aliphatic carbocycles. The Morgan fingerprint density at radius 1 is 1.30 bits per heavy atom. The highest BCUT2D eigenvalue weighted by Gasteiger charge is 2.62. The minimum Gasteiger partial charge on any atom is -0.493 e. The first kappa shape index (κ1) is 17.1. The number of amides is 1. The highest BCUT2D eigenvalue weighted by atomic mass is 19.4. The molecule has 1 N–H and O–H groups in total. The van der Waals surface area contributed by atoms with Crippen molar-refractivity contribution in [1.29, 1.82) is 0 Å². The average Bonchev–Trinajstić information content (AvgIpc) is 2.81. The number of aliphatic hydroxyl groups is 1. The van der Waals surface area contributed by atoms with Crippen LogP contribution >= 0.6 is 0 Å². The molecule has 126 valence electrons. The fourth-order valence-electron chi connectivity index (χ4n) is 2.25. The van der Waals surface area contributed by atoms with Crippen molar-refractivity contribution in [3.63, 3.8) is 0 Å². The molecule has 1 amide bonds. The number of hydrazone groups is 1. The number of hydrogen-bond acceptors (Lipinski definition) is 5. The van der Waals surface area contributed by atoms with E-state index >= 15 is 0 Å². The van der Waals surface area contributed by atoms with Crippen LogP contribution in [0, 0.1) is 0 Å². The Labute approximate surface area is 130 Å². The van der Waals surface area contributed by atoms with Gasteiger partial charge < -0.3 is 14.6 Å². The molecule has 0 aromatic heterocycles. The second kappa shape index (κ2) is 5.73. The second-order valence-corrected chi connectivity index (χ2v) is 5.01. The van der Waals surface area contributed by atoms with Crippen LogP contribution in [-0.2, 0) is 0 Å². The van der Waals surface area contributed by atoms with Gasteiger partial charge in [0.15, 0.2) is 11.5 Å². The number of carbonyl (C=O) groups excluding carboxylic acids is 1. The number of methoxy groups -OCH3 is 2. The zero-order chi connectivity index (χ0) is 17.4. The maximum absolute atomic E-state index is 13.1. The Morgan fingerprint density at radius 3 is 2.43 bits per heavy atom. The molecule has 0 bridgehead atoms. The van der Waals surface area contributed by atoms with Gasteiger partial charge in [0.1, 0.15) is 0 Å². The summed E-state index contributed by atoms with van der Waals surface area (Å²) in [5.74, 6) is -0.604. The summed E-state index contributed by atoms with van der Waals surface area (Å²) in [6, 6.07) is 3.87. The quantitative estimate of drug-likeness (QED) is 0.921. The molecule has 23 heavy (non-hydrogen) atoms. The van der Waals surface area contributed by atoms with Gasteiger partial charge in [0.2, 0.25) is 0 Å². The van der Waals surface area contributed by atoms with Crippen LogP contribution in [0.2, 0.25) is 0 Å². The van der Waals surface area contributed by atoms with Crippen molar-refractivity contribution >= 4 is 11.6 Å². The third kappa shape index (κ3) is 2.83. The van der Waals surface area contributed by atoms with Gasteiger partial charge in [-0.3, -0.25) is 4.79 Å². The van der Waals surface area contributed by atoms with Crippen molar-refractivity contribution < 1.29 is 32.5 Å². The molecule has 1 aromatic carbocycles. The Hall–Kier alpha value is -2.29. The van der Waals surface area contributed by atoms with Gasteiger partial charge in [0.05, 0.1) is 14.2 Å². The van der Waals surface area contributed by atoms with Crippen LogP contribution in [0.4, 0.5) is 13.2 Å². The van der Waals surface area contributed by atoms with Gasteiger partial charge in [0, 0.05) is 17.7 Å². The van der Waals surface area contributed by atoms with Gasteiger partial charge in [-0.15, -0.1) is 0 Å². The topological polar surface area (TPSA) is 71.4 Å². The SMILES string of the molecule is COc1ccc(C(=O)N2N=C(C)C[C@@]2(O)C(F)(F)F)cc1OC. The van der Waals surface area contributed by atoms with Crippen molar-refractivity contribution in [2.24, 2.45) is 5.10 Å². The molecule has 6 nitrogen and oxygen atoms in total. The van der Waals surface area contributed by atoms with E-state index in [1.54, 1.807) is 0 Å². The van der Waals surface area contributed by atoms with Gasteiger partial charge in [-0.1, -0.05) is 0 Å². The predicted molar refractivity (Wildman–Crippen MR) is 74.4 cm³/mol. The van der Waals surface area contributed by atoms with Crippen molar-refractivity contribution in [1.82, 2.24) is 5.01 Å². The lowest BCUT2D eigenvalue weighted by Crippen LogP contribution is -2.56. The fraction of sp³-hybridized carbons (Fsp3) is 0.429. The normalized spacial score (nSPS) is 21.2. The largest absolute Gasteiger partial charge is 0.493 e. The Bertz CT molecular complexity index is 660. The molecule has 9 heteroatoms. The first-order chi connectivity index (χ1) is 10.6. The van der Waals surface area contributed by atoms with E-state index in [-0.39, 0.29) is 22.0 Å². The summed E-state index contributed by atoms with van der Waals surface area (Å²) in [4.78, 5) is 12.4. The molecule has 0 saturated carbocycles. The zero-order valence-electron chi connectivity index (χ0n) is 12.6. The predicted octanol–water partition coefficient (Wildman–Crippen LogP) is 2.18. The smallest absolute Gasteiger partial charge is 0.438 e. The van der Waals surface area contributed by atoms with Crippen LogP contribution in [-0.4, -0.2) is 47.9 Å². The third-order valence-corrected chi connectivity index (χ3v) is 3.40. The average molecular weight is 332 g/mol. The first-order valence-electron chi connectivity index (χ1n) is 6.54. The minimum absolute atomic E-state index is 0.00125. The van der Waals surface area contributed by atoms with Gasteiger partial charge in [-0.05, 0) is 25.1 Å². The molecule has 0 radical (unpaired) electrons. The van der Waals surface area contributed by atoms with Crippen LogP contribution in [0.15, 0.2) is 23.3 Å². The summed E-state index contributed by atoms with van der Waals surface area (Å²) >= 11 is 0. The second-order valence-electron chi connectivity index (χ2n) is 5.01. The number of nitrogens with zero attached hydrogens (tertiary/aromatic N) is 2. The highest BCUT2D eigenvalue weighted by Crippen LogP contribution is 2.41. The number of carbonyl (C=O) groups is 1. The van der Waals surface area contributed by atoms with Gasteiger partial charge in [-0.25, -0.2) is 0 Å². The molecule has 1 aliphatic rings. The summed E-state index contributed by atoms with van der Waals surface area (Å²) in [6.07, 6.45) is -5.84. The molecule has 0 fully saturated rings.